The summed E-state index contributed by atoms with van der Waals surface area (Å²) in [6, 6.07) is 16.0. The molecule has 4 rings (SSSR count). The van der Waals surface area contributed by atoms with E-state index in [-0.39, 0.29) is 20.9 Å². The van der Waals surface area contributed by atoms with E-state index >= 15 is 0 Å². The average Bonchev–Trinajstić information content (AvgIpc) is 3.02. The predicted octanol–water partition coefficient (Wildman–Crippen LogP) is 2.85. The van der Waals surface area contributed by atoms with Crippen molar-refractivity contribution in [1.82, 2.24) is 0 Å². The molecule has 122 valence electrons. The molecule has 0 bridgehead atoms. The monoisotopic (exact) mass is 405 g/mol. The molecule has 0 radical (unpaired) electrons. The third kappa shape index (κ3) is 2.11. The van der Waals surface area contributed by atoms with Crippen LogP contribution < -0.4 is 9.36 Å². The number of carbonyl (C=O) groups excluding carboxylic acids is 1. The molecule has 1 amide bonds. The van der Waals surface area contributed by atoms with Crippen LogP contribution in [0.15, 0.2) is 58.6 Å². The van der Waals surface area contributed by atoms with Gasteiger partial charge in [0.2, 0.25) is 0 Å². The van der Waals surface area contributed by atoms with Gasteiger partial charge in [0.05, 0.1) is 0 Å². The molecule has 1 spiro atoms. The second-order valence-corrected chi connectivity index (χ2v) is 8.79. The fraction of sp³-hybridized carbons (Fsp3) is 0.211. The summed E-state index contributed by atoms with van der Waals surface area (Å²) in [4.78, 5) is 14.7. The van der Waals surface area contributed by atoms with Gasteiger partial charge in [-0.05, 0) is 0 Å². The van der Waals surface area contributed by atoms with Gasteiger partial charge in [-0.3, -0.25) is 0 Å². The maximum absolute atomic E-state index is 13.1. The van der Waals surface area contributed by atoms with Crippen LogP contribution in [0.25, 0.3) is 0 Å². The van der Waals surface area contributed by atoms with Crippen LogP contribution in [0.2, 0.25) is 5.02 Å². The minimum absolute atomic E-state index is 0.0537. The standard InChI is InChI=1S/C19H16ClNO2Se/c1-12-16(24-13-7-4-3-5-8-13)11-23-19(12)14-9-6-10-15(20)17(14)21(2)18(19)22/h3-10H,11H2,1-2H3. The van der Waals surface area contributed by atoms with Gasteiger partial charge in [0.1, 0.15) is 0 Å². The van der Waals surface area contributed by atoms with Crippen LogP contribution >= 0.6 is 11.6 Å². The SMILES string of the molecule is CC1=C([Se]c2ccccc2)COC12C(=O)N(C)c1c(Cl)cccc12. The molecule has 0 N–H and O–H groups in total. The first-order chi connectivity index (χ1) is 11.6. The summed E-state index contributed by atoms with van der Waals surface area (Å²) in [6.07, 6.45) is 0. The van der Waals surface area contributed by atoms with E-state index in [1.54, 1.807) is 11.9 Å². The number of para-hydroxylation sites is 1. The molecule has 0 saturated heterocycles. The third-order valence-corrected chi connectivity index (χ3v) is 7.43. The van der Waals surface area contributed by atoms with E-state index in [2.05, 4.69) is 12.1 Å². The minimum atomic E-state index is -0.999. The number of carbonyl (C=O) groups is 1. The van der Waals surface area contributed by atoms with Crippen LogP contribution in [0.4, 0.5) is 5.69 Å². The van der Waals surface area contributed by atoms with Crippen LogP contribution in [0.3, 0.4) is 0 Å². The number of hydrogen-bond donors (Lipinski definition) is 0. The summed E-state index contributed by atoms with van der Waals surface area (Å²) < 4.78 is 8.66. The van der Waals surface area contributed by atoms with E-state index in [4.69, 9.17) is 16.3 Å². The number of rotatable bonds is 2. The number of benzene rings is 2. The number of fused-ring (bicyclic) bond motifs is 2. The summed E-state index contributed by atoms with van der Waals surface area (Å²) >= 11 is 6.49. The van der Waals surface area contributed by atoms with Crippen molar-refractivity contribution < 1.29 is 9.53 Å². The zero-order valence-electron chi connectivity index (χ0n) is 13.4. The van der Waals surface area contributed by atoms with E-state index in [1.165, 1.54) is 8.93 Å². The molecular formula is C19H16ClNO2Se. The van der Waals surface area contributed by atoms with Gasteiger partial charge < -0.3 is 0 Å². The van der Waals surface area contributed by atoms with Crippen molar-refractivity contribution >= 4 is 42.6 Å². The molecule has 0 aliphatic carbocycles. The molecule has 0 aromatic heterocycles. The summed E-state index contributed by atoms with van der Waals surface area (Å²) in [6.45, 7) is 2.51. The normalized spacial score (nSPS) is 22.6. The molecule has 2 aromatic rings. The second-order valence-electron chi connectivity index (χ2n) is 5.93. The van der Waals surface area contributed by atoms with Gasteiger partial charge in [0.25, 0.3) is 0 Å². The molecule has 1 atom stereocenters. The van der Waals surface area contributed by atoms with Crippen molar-refractivity contribution in [3.63, 3.8) is 0 Å². The Labute approximate surface area is 152 Å². The quantitative estimate of drug-likeness (QED) is 0.720. The molecular weight excluding hydrogens is 389 g/mol. The number of anilines is 1. The Balaban J connectivity index is 1.82. The Morgan fingerprint density at radius 2 is 1.92 bits per heavy atom. The second kappa shape index (κ2) is 5.75. The van der Waals surface area contributed by atoms with Gasteiger partial charge in [0.15, 0.2) is 0 Å². The Morgan fingerprint density at radius 3 is 2.67 bits per heavy atom. The summed E-state index contributed by atoms with van der Waals surface area (Å²) in [7, 11) is 1.76. The zero-order valence-corrected chi connectivity index (χ0v) is 15.8. The van der Waals surface area contributed by atoms with E-state index in [9.17, 15) is 4.79 Å². The van der Waals surface area contributed by atoms with Crippen molar-refractivity contribution in [3.05, 3.63) is 69.2 Å². The van der Waals surface area contributed by atoms with Crippen molar-refractivity contribution in [3.8, 4) is 0 Å². The maximum atomic E-state index is 13.1. The van der Waals surface area contributed by atoms with Gasteiger partial charge >= 0.3 is 152 Å². The van der Waals surface area contributed by atoms with Crippen molar-refractivity contribution in [2.45, 2.75) is 12.5 Å². The van der Waals surface area contributed by atoms with Crippen LogP contribution in [0.1, 0.15) is 12.5 Å². The van der Waals surface area contributed by atoms with Crippen LogP contribution in [0.5, 0.6) is 0 Å². The number of amides is 1. The molecule has 24 heavy (non-hydrogen) atoms. The molecule has 5 heteroatoms. The Hall–Kier alpha value is -1.58. The molecule has 3 nitrogen and oxygen atoms in total. The number of ether oxygens (including phenoxy) is 1. The first-order valence-electron chi connectivity index (χ1n) is 7.70. The molecule has 2 aromatic carbocycles. The first-order valence-corrected chi connectivity index (χ1v) is 9.79. The van der Waals surface area contributed by atoms with Crippen LogP contribution in [-0.4, -0.2) is 34.5 Å². The van der Waals surface area contributed by atoms with E-state index in [0.717, 1.165) is 16.8 Å². The van der Waals surface area contributed by atoms with Crippen molar-refractivity contribution in [1.29, 1.82) is 0 Å². The fourth-order valence-corrected chi connectivity index (χ4v) is 5.80. The zero-order chi connectivity index (χ0) is 16.9. The van der Waals surface area contributed by atoms with Gasteiger partial charge in [-0.25, -0.2) is 0 Å². The van der Waals surface area contributed by atoms with Gasteiger partial charge in [-0.15, -0.1) is 0 Å². The molecule has 1 unspecified atom stereocenters. The number of nitrogens with zero attached hydrogens (tertiary/aromatic N) is 1. The summed E-state index contributed by atoms with van der Waals surface area (Å²) in [5.41, 5.74) is 1.64. The predicted molar refractivity (Wildman–Crippen MR) is 97.0 cm³/mol. The van der Waals surface area contributed by atoms with Gasteiger partial charge in [0, 0.05) is 0 Å². The number of likely N-dealkylation sites (N-methyl/N-ethyl adjacent to an activating group) is 1. The number of halogens is 1. The van der Waals surface area contributed by atoms with Gasteiger partial charge in [-0.2, -0.15) is 0 Å². The van der Waals surface area contributed by atoms with E-state index in [1.807, 2.05) is 43.3 Å². The molecule has 2 aliphatic heterocycles. The van der Waals surface area contributed by atoms with E-state index in [0.29, 0.717) is 11.6 Å². The van der Waals surface area contributed by atoms with Crippen molar-refractivity contribution in [2.75, 3.05) is 18.6 Å². The Morgan fingerprint density at radius 1 is 1.17 bits per heavy atom. The molecule has 0 saturated carbocycles. The Kier molecular flexibility index (Phi) is 3.81. The summed E-state index contributed by atoms with van der Waals surface area (Å²) in [5, 5.41) is 0.582. The van der Waals surface area contributed by atoms with Gasteiger partial charge in [-0.1, -0.05) is 0 Å². The topological polar surface area (TPSA) is 29.5 Å². The third-order valence-electron chi connectivity index (χ3n) is 4.66. The average molecular weight is 405 g/mol. The first kappa shape index (κ1) is 15.9. The molecule has 2 aliphatic rings. The Bertz CT molecular complexity index is 865. The fourth-order valence-electron chi connectivity index (χ4n) is 3.42. The van der Waals surface area contributed by atoms with Crippen molar-refractivity contribution in [2.24, 2.45) is 0 Å². The van der Waals surface area contributed by atoms with E-state index < -0.39 is 5.60 Å². The number of hydrogen-bond acceptors (Lipinski definition) is 2. The van der Waals surface area contributed by atoms with Crippen LogP contribution in [0, 0.1) is 0 Å². The molecule has 2 heterocycles. The molecule has 0 fully saturated rings. The summed E-state index contributed by atoms with van der Waals surface area (Å²) in [5.74, 6) is -0.0537. The van der Waals surface area contributed by atoms with Crippen LogP contribution in [-0.2, 0) is 15.1 Å².